The van der Waals surface area contributed by atoms with Crippen molar-refractivity contribution in [1.82, 2.24) is 5.32 Å². The highest BCUT2D eigenvalue weighted by atomic mass is 16.3. The van der Waals surface area contributed by atoms with Crippen molar-refractivity contribution in [2.75, 3.05) is 11.5 Å². The Balaban J connectivity index is 1.56. The number of para-hydroxylation sites is 1. The van der Waals surface area contributed by atoms with E-state index in [1.165, 1.54) is 5.56 Å². The van der Waals surface area contributed by atoms with Crippen LogP contribution >= 0.6 is 0 Å². The zero-order chi connectivity index (χ0) is 22.0. The minimum atomic E-state index is -0.494. The molecule has 2 aromatic carbocycles. The smallest absolute Gasteiger partial charge is 0.227 e. The molecular formula is C26H30N2O3. The highest BCUT2D eigenvalue weighted by molar-refractivity contribution is 5.96. The Morgan fingerprint density at radius 1 is 1.00 bits per heavy atom. The summed E-state index contributed by atoms with van der Waals surface area (Å²) in [7, 11) is 0. The van der Waals surface area contributed by atoms with E-state index in [1.54, 1.807) is 0 Å². The summed E-state index contributed by atoms with van der Waals surface area (Å²) in [5, 5.41) is 12.1. The Morgan fingerprint density at radius 2 is 1.65 bits per heavy atom. The van der Waals surface area contributed by atoms with E-state index in [0.29, 0.717) is 18.9 Å². The Hall–Kier alpha value is -2.92. The number of hydrogen-bond acceptors (Lipinski definition) is 3. The average Bonchev–Trinajstić information content (AvgIpc) is 2.70. The van der Waals surface area contributed by atoms with Gasteiger partial charge in [0.05, 0.1) is 6.54 Å². The van der Waals surface area contributed by atoms with Crippen LogP contribution in [0.2, 0.25) is 0 Å². The number of carbonyl (C=O) groups excluding carboxylic acids is 2. The van der Waals surface area contributed by atoms with Crippen molar-refractivity contribution in [2.24, 2.45) is 0 Å². The van der Waals surface area contributed by atoms with Crippen LogP contribution in [0.4, 0.5) is 5.69 Å². The summed E-state index contributed by atoms with van der Waals surface area (Å²) < 4.78 is 0. The van der Waals surface area contributed by atoms with Crippen LogP contribution in [0.25, 0.3) is 0 Å². The molecule has 4 rings (SSSR count). The number of hydrogen-bond donors (Lipinski definition) is 2. The van der Waals surface area contributed by atoms with Gasteiger partial charge >= 0.3 is 0 Å². The fraction of sp³-hybridized carbons (Fsp3) is 0.385. The van der Waals surface area contributed by atoms with Crippen molar-refractivity contribution in [3.63, 3.8) is 0 Å². The van der Waals surface area contributed by atoms with Crippen LogP contribution in [-0.4, -0.2) is 29.1 Å². The number of anilines is 1. The maximum Gasteiger partial charge on any atom is 0.227 e. The molecule has 2 amide bonds. The van der Waals surface area contributed by atoms with Crippen LogP contribution < -0.4 is 10.2 Å². The maximum atomic E-state index is 13.3. The van der Waals surface area contributed by atoms with E-state index in [0.717, 1.165) is 16.8 Å². The fourth-order valence-electron chi connectivity index (χ4n) is 4.56. The minimum Gasteiger partial charge on any atom is -0.396 e. The third kappa shape index (κ3) is 4.42. The summed E-state index contributed by atoms with van der Waals surface area (Å²) in [4.78, 5) is 27.6. The lowest BCUT2D eigenvalue weighted by atomic mass is 9.71. The number of carbonyl (C=O) groups is 2. The number of aliphatic hydroxyl groups is 1. The van der Waals surface area contributed by atoms with Crippen LogP contribution in [0, 0.1) is 0 Å². The number of fused-ring (bicyclic) bond motifs is 5. The third-order valence-corrected chi connectivity index (χ3v) is 6.32. The van der Waals surface area contributed by atoms with Gasteiger partial charge in [-0.1, -0.05) is 54.6 Å². The van der Waals surface area contributed by atoms with Gasteiger partial charge < -0.3 is 15.3 Å². The van der Waals surface area contributed by atoms with Gasteiger partial charge in [0.1, 0.15) is 0 Å². The lowest BCUT2D eigenvalue weighted by Gasteiger charge is -2.38. The van der Waals surface area contributed by atoms with Gasteiger partial charge in [-0.3, -0.25) is 9.59 Å². The lowest BCUT2D eigenvalue weighted by molar-refractivity contribution is -0.126. The monoisotopic (exact) mass is 418 g/mol. The van der Waals surface area contributed by atoms with Gasteiger partial charge in [-0.05, 0) is 43.0 Å². The quantitative estimate of drug-likeness (QED) is 0.696. The van der Waals surface area contributed by atoms with E-state index >= 15 is 0 Å². The molecule has 1 aliphatic heterocycles. The highest BCUT2D eigenvalue weighted by Crippen LogP contribution is 2.48. The summed E-state index contributed by atoms with van der Waals surface area (Å²) >= 11 is 0. The molecule has 0 radical (unpaired) electrons. The first-order valence-electron chi connectivity index (χ1n) is 11.0. The predicted molar refractivity (Wildman–Crippen MR) is 122 cm³/mol. The molecule has 1 aliphatic carbocycles. The first-order chi connectivity index (χ1) is 14.9. The van der Waals surface area contributed by atoms with Crippen LogP contribution in [0.3, 0.4) is 0 Å². The molecule has 31 heavy (non-hydrogen) atoms. The number of nitrogens with zero attached hydrogens (tertiary/aromatic N) is 1. The van der Waals surface area contributed by atoms with Crippen molar-refractivity contribution in [1.29, 1.82) is 0 Å². The van der Waals surface area contributed by atoms with Gasteiger partial charge in [0.15, 0.2) is 0 Å². The summed E-state index contributed by atoms with van der Waals surface area (Å²) in [6, 6.07) is 16.4. The zero-order valence-corrected chi connectivity index (χ0v) is 18.2. The number of allylic oxidation sites excluding steroid dienone is 2. The topological polar surface area (TPSA) is 69.6 Å². The van der Waals surface area contributed by atoms with E-state index < -0.39 is 5.54 Å². The van der Waals surface area contributed by atoms with Crippen LogP contribution in [0.15, 0.2) is 60.7 Å². The number of nitrogens with one attached hydrogen (secondary N) is 1. The second-order valence-electron chi connectivity index (χ2n) is 9.08. The summed E-state index contributed by atoms with van der Waals surface area (Å²) in [6.07, 6.45) is 5.20. The van der Waals surface area contributed by atoms with Crippen molar-refractivity contribution in [3.05, 3.63) is 77.4 Å². The molecule has 5 heteroatoms. The van der Waals surface area contributed by atoms with Gasteiger partial charge in [0.2, 0.25) is 11.8 Å². The normalized spacial score (nSPS) is 19.3. The molecule has 2 N–H and O–H groups in total. The first kappa shape index (κ1) is 21.3. The second-order valence-corrected chi connectivity index (χ2v) is 9.08. The zero-order valence-electron chi connectivity index (χ0n) is 18.2. The molecule has 0 spiro atoms. The Kier molecular flexibility index (Phi) is 5.96. The first-order valence-corrected chi connectivity index (χ1v) is 11.0. The van der Waals surface area contributed by atoms with Crippen molar-refractivity contribution in [2.45, 2.75) is 57.0 Å². The van der Waals surface area contributed by atoms with Crippen molar-refractivity contribution >= 4 is 17.5 Å². The molecule has 2 aromatic rings. The molecule has 5 nitrogen and oxygen atoms in total. The fourth-order valence-corrected chi connectivity index (χ4v) is 4.56. The van der Waals surface area contributed by atoms with E-state index in [4.69, 9.17) is 5.11 Å². The molecule has 0 saturated carbocycles. The molecule has 0 bridgehead atoms. The summed E-state index contributed by atoms with van der Waals surface area (Å²) in [5.74, 6) is 0.373. The van der Waals surface area contributed by atoms with E-state index in [9.17, 15) is 9.59 Å². The molecule has 0 aromatic heterocycles. The molecule has 2 unspecified atom stereocenters. The number of amides is 2. The molecule has 162 valence electrons. The van der Waals surface area contributed by atoms with Crippen molar-refractivity contribution < 1.29 is 14.7 Å². The molecular weight excluding hydrogens is 388 g/mol. The predicted octanol–water partition coefficient (Wildman–Crippen LogP) is 4.03. The Bertz CT molecular complexity index is 1010. The molecule has 1 heterocycles. The summed E-state index contributed by atoms with van der Waals surface area (Å²) in [5.41, 5.74) is 4.02. The Labute approximate surface area is 183 Å². The van der Waals surface area contributed by atoms with E-state index in [-0.39, 0.29) is 37.2 Å². The second kappa shape index (κ2) is 8.67. The van der Waals surface area contributed by atoms with E-state index in [1.807, 2.05) is 43.0 Å². The number of benzene rings is 2. The van der Waals surface area contributed by atoms with Crippen LogP contribution in [0.1, 0.15) is 61.6 Å². The molecule has 2 aliphatic rings. The summed E-state index contributed by atoms with van der Waals surface area (Å²) in [6.45, 7) is 4.25. The average molecular weight is 419 g/mol. The lowest BCUT2D eigenvalue weighted by Crippen LogP contribution is -2.44. The minimum absolute atomic E-state index is 0.00673. The molecule has 2 atom stereocenters. The SMILES string of the molecule is CC(C)(CCO)NC(=O)CCC(=O)N1Cc2ccccc2C2C=CC2c2ccccc21. The van der Waals surface area contributed by atoms with Gasteiger partial charge in [0.25, 0.3) is 0 Å². The van der Waals surface area contributed by atoms with Crippen LogP contribution in [0.5, 0.6) is 0 Å². The van der Waals surface area contributed by atoms with Gasteiger partial charge in [-0.25, -0.2) is 0 Å². The molecule has 0 saturated heterocycles. The standard InChI is InChI=1S/C26H30N2O3/c1-26(2,15-16-29)27-24(30)13-14-25(31)28-17-18-7-3-4-8-19(18)20-11-12-21(20)22-9-5-6-10-23(22)28/h3-12,20-21,29H,13-17H2,1-2H3,(H,27,30). The largest absolute Gasteiger partial charge is 0.396 e. The van der Waals surface area contributed by atoms with Gasteiger partial charge in [-0.15, -0.1) is 0 Å². The van der Waals surface area contributed by atoms with Gasteiger partial charge in [0, 0.05) is 42.5 Å². The highest BCUT2D eigenvalue weighted by Gasteiger charge is 2.35. The third-order valence-electron chi connectivity index (χ3n) is 6.32. The van der Waals surface area contributed by atoms with E-state index in [2.05, 4.69) is 41.7 Å². The van der Waals surface area contributed by atoms with Gasteiger partial charge in [-0.2, -0.15) is 0 Å². The number of rotatable bonds is 6. The van der Waals surface area contributed by atoms with Crippen molar-refractivity contribution in [3.8, 4) is 0 Å². The Morgan fingerprint density at radius 3 is 2.35 bits per heavy atom. The van der Waals surface area contributed by atoms with Crippen LogP contribution in [-0.2, 0) is 16.1 Å². The maximum absolute atomic E-state index is 13.3. The molecule has 0 fully saturated rings. The number of aliphatic hydroxyl groups excluding tert-OH is 1.